The molecule has 0 atom stereocenters. The Labute approximate surface area is 173 Å². The van der Waals surface area contributed by atoms with E-state index in [2.05, 4.69) is 10.3 Å². The van der Waals surface area contributed by atoms with Crippen LogP contribution < -0.4 is 16.8 Å². The fourth-order valence-corrected chi connectivity index (χ4v) is 2.95. The Morgan fingerprint density at radius 1 is 1.07 bits per heavy atom. The van der Waals surface area contributed by atoms with E-state index in [1.165, 1.54) is 13.3 Å². The maximum absolute atomic E-state index is 12.4. The Morgan fingerprint density at radius 3 is 2.53 bits per heavy atom. The Morgan fingerprint density at radius 2 is 1.83 bits per heavy atom. The number of anilines is 1. The normalized spacial score (nSPS) is 10.3. The summed E-state index contributed by atoms with van der Waals surface area (Å²) in [6, 6.07) is 15.5. The van der Waals surface area contributed by atoms with E-state index in [0.29, 0.717) is 16.7 Å². The van der Waals surface area contributed by atoms with Crippen LogP contribution in [0, 0.1) is 5.41 Å². The topological polar surface area (TPSA) is 144 Å². The van der Waals surface area contributed by atoms with Crippen molar-refractivity contribution in [1.29, 1.82) is 5.41 Å². The van der Waals surface area contributed by atoms with Crippen molar-refractivity contribution in [2.24, 2.45) is 5.73 Å². The molecular weight excluding hydrogens is 382 g/mol. The van der Waals surface area contributed by atoms with Gasteiger partial charge in [-0.1, -0.05) is 18.2 Å². The molecule has 8 nitrogen and oxygen atoms in total. The number of amides is 1. The molecule has 0 unspecified atom stereocenters. The van der Waals surface area contributed by atoms with E-state index in [4.69, 9.17) is 21.6 Å². The molecule has 2 aromatic carbocycles. The first-order chi connectivity index (χ1) is 14.4. The second-order valence-electron chi connectivity index (χ2n) is 6.52. The average Bonchev–Trinajstić information content (AvgIpc) is 2.77. The van der Waals surface area contributed by atoms with Gasteiger partial charge < -0.3 is 21.5 Å². The van der Waals surface area contributed by atoms with E-state index in [1.54, 1.807) is 42.5 Å². The number of nitrogen functional groups attached to an aromatic ring is 2. The highest BCUT2D eigenvalue weighted by Gasteiger charge is 2.13. The quantitative estimate of drug-likeness (QED) is 0.282. The minimum Gasteiger partial charge on any atom is -0.465 e. The smallest absolute Gasteiger partial charge is 0.337 e. The molecule has 0 saturated heterocycles. The van der Waals surface area contributed by atoms with Crippen LogP contribution in [0.2, 0.25) is 0 Å². The third-order valence-corrected chi connectivity index (χ3v) is 4.46. The van der Waals surface area contributed by atoms with Crippen LogP contribution in [0.25, 0.3) is 11.1 Å². The number of nitrogens with one attached hydrogen (secondary N) is 2. The van der Waals surface area contributed by atoms with E-state index in [1.807, 2.05) is 12.1 Å². The SMILES string of the molecule is COC(=O)c1cc(CNC(=O)c2cccnc2N)cc(-c2cccc(C(=N)N)c2)c1. The lowest BCUT2D eigenvalue weighted by Crippen LogP contribution is -2.24. The number of esters is 1. The number of amidine groups is 1. The maximum Gasteiger partial charge on any atom is 0.337 e. The zero-order valence-electron chi connectivity index (χ0n) is 16.3. The Hall–Kier alpha value is -4.20. The van der Waals surface area contributed by atoms with E-state index in [0.717, 1.165) is 11.1 Å². The molecule has 0 spiro atoms. The molecule has 1 heterocycles. The highest BCUT2D eigenvalue weighted by Crippen LogP contribution is 2.24. The van der Waals surface area contributed by atoms with Gasteiger partial charge in [0.2, 0.25) is 0 Å². The molecular formula is C22H21N5O3. The average molecular weight is 403 g/mol. The fraction of sp³-hybridized carbons (Fsp3) is 0.0909. The van der Waals surface area contributed by atoms with Crippen molar-refractivity contribution in [1.82, 2.24) is 10.3 Å². The van der Waals surface area contributed by atoms with Crippen LogP contribution in [0.1, 0.15) is 31.8 Å². The summed E-state index contributed by atoms with van der Waals surface area (Å²) < 4.78 is 4.85. The van der Waals surface area contributed by atoms with Gasteiger partial charge in [-0.2, -0.15) is 0 Å². The predicted octanol–water partition coefficient (Wildman–Crippen LogP) is 2.33. The standard InChI is InChI=1S/C22H21N5O3/c1-30-22(29)17-9-13(12-27-21(28)18-6-3-7-26-20(18)25)8-16(11-17)14-4-2-5-15(10-14)19(23)24/h2-11H,12H2,1H3,(H3,23,24)(H2,25,26)(H,27,28). The molecule has 152 valence electrons. The first-order valence-electron chi connectivity index (χ1n) is 9.05. The summed E-state index contributed by atoms with van der Waals surface area (Å²) in [5, 5.41) is 10.4. The monoisotopic (exact) mass is 403 g/mol. The largest absolute Gasteiger partial charge is 0.465 e. The molecule has 1 amide bonds. The van der Waals surface area contributed by atoms with Crippen LogP contribution in [-0.2, 0) is 11.3 Å². The fourth-order valence-electron chi connectivity index (χ4n) is 2.95. The molecule has 30 heavy (non-hydrogen) atoms. The molecule has 0 fully saturated rings. The third kappa shape index (κ3) is 4.61. The van der Waals surface area contributed by atoms with Gasteiger partial charge in [0, 0.05) is 18.3 Å². The van der Waals surface area contributed by atoms with Gasteiger partial charge in [-0.05, 0) is 53.1 Å². The number of nitrogens with two attached hydrogens (primary N) is 2. The number of carbonyl (C=O) groups is 2. The first kappa shape index (κ1) is 20.5. The van der Waals surface area contributed by atoms with Gasteiger partial charge in [-0.3, -0.25) is 10.2 Å². The molecule has 0 bridgehead atoms. The predicted molar refractivity (Wildman–Crippen MR) is 114 cm³/mol. The lowest BCUT2D eigenvalue weighted by molar-refractivity contribution is 0.0600. The van der Waals surface area contributed by atoms with E-state index in [9.17, 15) is 9.59 Å². The van der Waals surface area contributed by atoms with Crippen LogP contribution in [0.15, 0.2) is 60.8 Å². The summed E-state index contributed by atoms with van der Waals surface area (Å²) in [6.07, 6.45) is 1.51. The van der Waals surface area contributed by atoms with Crippen molar-refractivity contribution >= 4 is 23.5 Å². The van der Waals surface area contributed by atoms with Crippen LogP contribution in [0.3, 0.4) is 0 Å². The molecule has 0 aliphatic rings. The number of pyridine rings is 1. The summed E-state index contributed by atoms with van der Waals surface area (Å²) in [5.74, 6) is -0.782. The molecule has 3 aromatic rings. The van der Waals surface area contributed by atoms with Gasteiger partial charge in [0.1, 0.15) is 11.7 Å². The second kappa shape index (κ2) is 8.87. The molecule has 6 N–H and O–H groups in total. The molecule has 1 aromatic heterocycles. The van der Waals surface area contributed by atoms with Gasteiger partial charge in [0.05, 0.1) is 18.2 Å². The molecule has 3 rings (SSSR count). The highest BCUT2D eigenvalue weighted by atomic mass is 16.5. The number of methoxy groups -OCH3 is 1. The number of hydrogen-bond acceptors (Lipinski definition) is 6. The van der Waals surface area contributed by atoms with Gasteiger partial charge in [-0.25, -0.2) is 9.78 Å². The number of hydrogen-bond donors (Lipinski definition) is 4. The van der Waals surface area contributed by atoms with Crippen molar-refractivity contribution in [3.8, 4) is 11.1 Å². The number of ether oxygens (including phenoxy) is 1. The van der Waals surface area contributed by atoms with Crippen molar-refractivity contribution in [2.45, 2.75) is 6.54 Å². The lowest BCUT2D eigenvalue weighted by Gasteiger charge is -2.12. The van der Waals surface area contributed by atoms with Gasteiger partial charge in [-0.15, -0.1) is 0 Å². The zero-order valence-corrected chi connectivity index (χ0v) is 16.3. The Bertz CT molecular complexity index is 1130. The van der Waals surface area contributed by atoms with Crippen LogP contribution in [0.5, 0.6) is 0 Å². The highest BCUT2D eigenvalue weighted by molar-refractivity contribution is 5.98. The third-order valence-electron chi connectivity index (χ3n) is 4.46. The van der Waals surface area contributed by atoms with E-state index < -0.39 is 5.97 Å². The number of aromatic nitrogens is 1. The minimum atomic E-state index is -0.497. The van der Waals surface area contributed by atoms with Gasteiger partial charge in [0.25, 0.3) is 5.91 Å². The van der Waals surface area contributed by atoms with Crippen molar-refractivity contribution in [2.75, 3.05) is 12.8 Å². The molecule has 0 radical (unpaired) electrons. The van der Waals surface area contributed by atoms with Crippen LogP contribution in [-0.4, -0.2) is 29.8 Å². The minimum absolute atomic E-state index is 0.0532. The summed E-state index contributed by atoms with van der Waals surface area (Å²) in [7, 11) is 1.30. The van der Waals surface area contributed by atoms with Gasteiger partial charge in [0.15, 0.2) is 0 Å². The maximum atomic E-state index is 12.4. The lowest BCUT2D eigenvalue weighted by atomic mass is 9.98. The van der Waals surface area contributed by atoms with E-state index >= 15 is 0 Å². The Kier molecular flexibility index (Phi) is 6.07. The Balaban J connectivity index is 1.92. The second-order valence-corrected chi connectivity index (χ2v) is 6.52. The zero-order chi connectivity index (χ0) is 21.7. The number of nitrogens with zero attached hydrogens (tertiary/aromatic N) is 1. The van der Waals surface area contributed by atoms with Crippen molar-refractivity contribution < 1.29 is 14.3 Å². The molecule has 0 saturated carbocycles. The van der Waals surface area contributed by atoms with Crippen LogP contribution >= 0.6 is 0 Å². The summed E-state index contributed by atoms with van der Waals surface area (Å²) >= 11 is 0. The number of carbonyl (C=O) groups excluding carboxylic acids is 2. The van der Waals surface area contributed by atoms with Crippen molar-refractivity contribution in [3.63, 3.8) is 0 Å². The molecule has 0 aliphatic carbocycles. The van der Waals surface area contributed by atoms with E-state index in [-0.39, 0.29) is 29.7 Å². The molecule has 8 heteroatoms. The summed E-state index contributed by atoms with van der Waals surface area (Å²) in [4.78, 5) is 28.5. The van der Waals surface area contributed by atoms with Crippen molar-refractivity contribution in [3.05, 3.63) is 83.0 Å². The molecule has 0 aliphatic heterocycles. The number of benzene rings is 2. The van der Waals surface area contributed by atoms with Gasteiger partial charge >= 0.3 is 5.97 Å². The van der Waals surface area contributed by atoms with Crippen LogP contribution in [0.4, 0.5) is 5.82 Å². The number of rotatable bonds is 6. The first-order valence-corrected chi connectivity index (χ1v) is 9.05. The summed E-state index contributed by atoms with van der Waals surface area (Å²) in [5.41, 5.74) is 14.7. The summed E-state index contributed by atoms with van der Waals surface area (Å²) in [6.45, 7) is 0.164.